The van der Waals surface area contributed by atoms with Crippen LogP contribution >= 0.6 is 11.3 Å². The van der Waals surface area contributed by atoms with E-state index in [2.05, 4.69) is 4.74 Å². The number of thiophene rings is 1. The lowest BCUT2D eigenvalue weighted by Crippen LogP contribution is -2.35. The largest absolute Gasteiger partial charge is 0.477 e. The van der Waals surface area contributed by atoms with Crippen molar-refractivity contribution < 1.29 is 27.9 Å². The smallest absolute Gasteiger partial charge is 0.346 e. The van der Waals surface area contributed by atoms with Crippen molar-refractivity contribution in [3.63, 3.8) is 0 Å². The monoisotopic (exact) mass is 383 g/mol. The van der Waals surface area contributed by atoms with Crippen LogP contribution < -0.4 is 0 Å². The number of carboxylic acids is 1. The molecule has 1 heterocycles. The number of benzene rings is 1. The number of ether oxygens (including phenoxy) is 1. The van der Waals surface area contributed by atoms with Gasteiger partial charge in [0, 0.05) is 6.54 Å². The fourth-order valence-corrected chi connectivity index (χ4v) is 5.05. The van der Waals surface area contributed by atoms with Crippen LogP contribution in [-0.2, 0) is 26.1 Å². The second-order valence-electron chi connectivity index (χ2n) is 5.22. The van der Waals surface area contributed by atoms with E-state index in [0.29, 0.717) is 22.5 Å². The number of rotatable bonds is 7. The Hall–Kier alpha value is -2.23. The lowest BCUT2D eigenvalue weighted by Gasteiger charge is -2.20. The molecule has 2 rings (SSSR count). The molecular formula is C16H17NO6S2. The van der Waals surface area contributed by atoms with Crippen molar-refractivity contribution in [2.45, 2.75) is 17.7 Å². The van der Waals surface area contributed by atoms with Gasteiger partial charge in [0.25, 0.3) is 10.0 Å². The number of carboxylic acid groups (broad SMARTS) is 1. The van der Waals surface area contributed by atoms with Crippen LogP contribution in [0.2, 0.25) is 0 Å². The number of aryl methyl sites for hydroxylation is 1. The van der Waals surface area contributed by atoms with Crippen LogP contribution in [0.25, 0.3) is 0 Å². The molecule has 0 aliphatic heterocycles. The highest BCUT2D eigenvalue weighted by molar-refractivity contribution is 7.91. The van der Waals surface area contributed by atoms with Gasteiger partial charge in [-0.15, -0.1) is 11.3 Å². The Morgan fingerprint density at radius 1 is 1.24 bits per heavy atom. The summed E-state index contributed by atoms with van der Waals surface area (Å²) in [4.78, 5) is 22.8. The summed E-state index contributed by atoms with van der Waals surface area (Å²) in [7, 11) is -2.88. The van der Waals surface area contributed by atoms with Crippen LogP contribution in [0.1, 0.15) is 20.8 Å². The maximum Gasteiger partial charge on any atom is 0.346 e. The number of aromatic carboxylic acids is 1. The highest BCUT2D eigenvalue weighted by Gasteiger charge is 2.30. The van der Waals surface area contributed by atoms with Gasteiger partial charge in [-0.25, -0.2) is 13.2 Å². The number of esters is 1. The molecule has 0 amide bonds. The second kappa shape index (κ2) is 7.77. The minimum atomic E-state index is -4.05. The van der Waals surface area contributed by atoms with Crippen LogP contribution in [0.15, 0.2) is 40.6 Å². The Kier molecular flexibility index (Phi) is 5.93. The lowest BCUT2D eigenvalue weighted by molar-refractivity contribution is -0.140. The zero-order valence-corrected chi connectivity index (χ0v) is 15.3. The third kappa shape index (κ3) is 4.44. The van der Waals surface area contributed by atoms with Gasteiger partial charge < -0.3 is 9.84 Å². The van der Waals surface area contributed by atoms with E-state index in [1.807, 2.05) is 0 Å². The molecule has 7 nitrogen and oxygen atoms in total. The van der Waals surface area contributed by atoms with Gasteiger partial charge in [-0.05, 0) is 24.1 Å². The Morgan fingerprint density at radius 2 is 1.88 bits per heavy atom. The van der Waals surface area contributed by atoms with Crippen molar-refractivity contribution >= 4 is 33.3 Å². The van der Waals surface area contributed by atoms with Gasteiger partial charge in [-0.3, -0.25) is 4.79 Å². The lowest BCUT2D eigenvalue weighted by atomic mass is 10.2. The summed E-state index contributed by atoms with van der Waals surface area (Å²) in [5, 5.41) is 9.13. The van der Waals surface area contributed by atoms with E-state index in [1.54, 1.807) is 30.3 Å². The Labute approximate surface area is 149 Å². The van der Waals surface area contributed by atoms with Crippen molar-refractivity contribution in [1.29, 1.82) is 0 Å². The topological polar surface area (TPSA) is 101 Å². The molecule has 0 bridgehead atoms. The summed E-state index contributed by atoms with van der Waals surface area (Å²) >= 11 is 0.667. The molecule has 1 aromatic heterocycles. The number of carbonyl (C=O) groups excluding carboxylic acids is 1. The molecule has 0 spiro atoms. The average molecular weight is 383 g/mol. The first-order chi connectivity index (χ1) is 11.8. The Morgan fingerprint density at radius 3 is 2.40 bits per heavy atom. The molecule has 25 heavy (non-hydrogen) atoms. The van der Waals surface area contributed by atoms with E-state index in [-0.39, 0.29) is 15.6 Å². The number of methoxy groups -OCH3 is 1. The predicted molar refractivity (Wildman–Crippen MR) is 92.1 cm³/mol. The highest BCUT2D eigenvalue weighted by Crippen LogP contribution is 2.29. The molecule has 134 valence electrons. The van der Waals surface area contributed by atoms with Crippen LogP contribution in [0.5, 0.6) is 0 Å². The Balaban J connectivity index is 2.41. The van der Waals surface area contributed by atoms with Gasteiger partial charge in [-0.1, -0.05) is 30.3 Å². The van der Waals surface area contributed by atoms with Gasteiger partial charge in [0.2, 0.25) is 0 Å². The zero-order chi connectivity index (χ0) is 18.6. The summed E-state index contributed by atoms with van der Waals surface area (Å²) in [6, 6.07) is 10.1. The van der Waals surface area contributed by atoms with Crippen molar-refractivity contribution in [3.05, 3.63) is 52.4 Å². The molecule has 0 radical (unpaired) electrons. The number of hydrogen-bond acceptors (Lipinski definition) is 6. The first-order valence-electron chi connectivity index (χ1n) is 7.20. The van der Waals surface area contributed by atoms with Crippen LogP contribution in [-0.4, -0.2) is 43.4 Å². The van der Waals surface area contributed by atoms with Crippen LogP contribution in [0, 0.1) is 6.92 Å². The maximum absolute atomic E-state index is 12.9. The van der Waals surface area contributed by atoms with E-state index in [0.717, 1.165) is 4.31 Å². The fraction of sp³-hybridized carbons (Fsp3) is 0.250. The number of carbonyl (C=O) groups is 2. The van der Waals surface area contributed by atoms with Crippen molar-refractivity contribution in [3.8, 4) is 0 Å². The number of hydrogen-bond donors (Lipinski definition) is 1. The Bertz CT molecular complexity index is 873. The SMILES string of the molecule is COC(=O)CN(Cc1ccccc1)S(=O)(=O)c1cc(C)c(C(=O)O)s1. The summed E-state index contributed by atoms with van der Waals surface area (Å²) < 4.78 is 31.3. The van der Waals surface area contributed by atoms with Crippen molar-refractivity contribution in [2.75, 3.05) is 13.7 Å². The molecule has 1 N–H and O–H groups in total. The number of sulfonamides is 1. The summed E-state index contributed by atoms with van der Waals surface area (Å²) in [5.41, 5.74) is 1.05. The third-order valence-corrected chi connectivity index (χ3v) is 6.88. The standard InChI is InChI=1S/C16H17NO6S2/c1-11-8-14(24-15(11)16(19)20)25(21,22)17(10-13(18)23-2)9-12-6-4-3-5-7-12/h3-8H,9-10H2,1-2H3,(H,19,20). The van der Waals surface area contributed by atoms with Gasteiger partial charge in [0.1, 0.15) is 15.6 Å². The molecule has 2 aromatic rings. The highest BCUT2D eigenvalue weighted by atomic mass is 32.2. The van der Waals surface area contributed by atoms with Gasteiger partial charge in [-0.2, -0.15) is 4.31 Å². The zero-order valence-electron chi connectivity index (χ0n) is 13.6. The first-order valence-corrected chi connectivity index (χ1v) is 9.46. The maximum atomic E-state index is 12.9. The molecule has 0 atom stereocenters. The van der Waals surface area contributed by atoms with E-state index < -0.39 is 28.5 Å². The fourth-order valence-electron chi connectivity index (χ4n) is 2.14. The first kappa shape index (κ1) is 19.1. The van der Waals surface area contributed by atoms with Gasteiger partial charge in [0.15, 0.2) is 0 Å². The summed E-state index contributed by atoms with van der Waals surface area (Å²) in [6.45, 7) is 1.03. The normalized spacial score (nSPS) is 11.5. The van der Waals surface area contributed by atoms with Crippen LogP contribution in [0.3, 0.4) is 0 Å². The van der Waals surface area contributed by atoms with E-state index >= 15 is 0 Å². The molecule has 0 unspecified atom stereocenters. The van der Waals surface area contributed by atoms with E-state index in [4.69, 9.17) is 5.11 Å². The van der Waals surface area contributed by atoms with Crippen molar-refractivity contribution in [2.24, 2.45) is 0 Å². The molecule has 0 aliphatic rings. The van der Waals surface area contributed by atoms with Gasteiger partial charge in [0.05, 0.1) is 7.11 Å². The van der Waals surface area contributed by atoms with E-state index in [9.17, 15) is 18.0 Å². The third-order valence-electron chi connectivity index (χ3n) is 3.42. The molecular weight excluding hydrogens is 366 g/mol. The minimum absolute atomic E-state index is 0.0301. The average Bonchev–Trinajstić information content (AvgIpc) is 2.98. The van der Waals surface area contributed by atoms with Crippen molar-refractivity contribution in [1.82, 2.24) is 4.31 Å². The molecule has 0 fully saturated rings. The van der Waals surface area contributed by atoms with Crippen LogP contribution in [0.4, 0.5) is 0 Å². The summed E-state index contributed by atoms with van der Waals surface area (Å²) in [6.07, 6.45) is 0. The molecule has 9 heteroatoms. The second-order valence-corrected chi connectivity index (χ2v) is 8.43. The quantitative estimate of drug-likeness (QED) is 0.735. The van der Waals surface area contributed by atoms with E-state index in [1.165, 1.54) is 20.1 Å². The molecule has 0 saturated carbocycles. The molecule has 1 aromatic carbocycles. The minimum Gasteiger partial charge on any atom is -0.477 e. The number of nitrogens with zero attached hydrogens (tertiary/aromatic N) is 1. The summed E-state index contributed by atoms with van der Waals surface area (Å²) in [5.74, 6) is -1.89. The molecule has 0 aliphatic carbocycles. The molecule has 0 saturated heterocycles. The predicted octanol–water partition coefficient (Wildman–Crippen LogP) is 2.12. The van der Waals surface area contributed by atoms with Gasteiger partial charge >= 0.3 is 11.9 Å².